The van der Waals surface area contributed by atoms with Crippen molar-refractivity contribution in [3.63, 3.8) is 0 Å². The lowest BCUT2D eigenvalue weighted by Gasteiger charge is -2.08. The number of ether oxygens (including phenoxy) is 1. The van der Waals surface area contributed by atoms with Crippen LogP contribution in [-0.4, -0.2) is 21.8 Å². The molecular formula is C14H14O4S2. The van der Waals surface area contributed by atoms with E-state index in [0.717, 1.165) is 16.7 Å². The average molecular weight is 310 g/mol. The third-order valence-corrected chi connectivity index (χ3v) is 4.91. The topological polar surface area (TPSA) is 63.6 Å². The molecule has 4 nitrogen and oxygen atoms in total. The fourth-order valence-corrected chi connectivity index (χ4v) is 3.55. The number of benzene rings is 1. The SMILES string of the molecule is COC(=O)c1scc(C)c1-c1ccc(S(=O)O)c(C)c1. The van der Waals surface area contributed by atoms with Crippen LogP contribution in [0.1, 0.15) is 20.8 Å². The van der Waals surface area contributed by atoms with Crippen LogP contribution in [0.4, 0.5) is 0 Å². The minimum atomic E-state index is -2.01. The van der Waals surface area contributed by atoms with Gasteiger partial charge in [0.1, 0.15) is 4.88 Å². The summed E-state index contributed by atoms with van der Waals surface area (Å²) in [7, 11) is 1.35. The van der Waals surface area contributed by atoms with Gasteiger partial charge in [-0.3, -0.25) is 0 Å². The van der Waals surface area contributed by atoms with Gasteiger partial charge >= 0.3 is 5.97 Å². The highest BCUT2D eigenvalue weighted by Crippen LogP contribution is 2.34. The Morgan fingerprint density at radius 3 is 2.55 bits per heavy atom. The number of hydrogen-bond acceptors (Lipinski definition) is 4. The van der Waals surface area contributed by atoms with Crippen molar-refractivity contribution in [2.45, 2.75) is 18.7 Å². The van der Waals surface area contributed by atoms with E-state index in [1.54, 1.807) is 19.1 Å². The first-order chi connectivity index (χ1) is 9.45. The predicted molar refractivity (Wildman–Crippen MR) is 79.6 cm³/mol. The highest BCUT2D eigenvalue weighted by Gasteiger charge is 2.19. The lowest BCUT2D eigenvalue weighted by atomic mass is 10.0. The molecule has 1 aromatic carbocycles. The Balaban J connectivity index is 2.57. The predicted octanol–water partition coefficient (Wildman–Crippen LogP) is 3.40. The van der Waals surface area contributed by atoms with Crippen molar-refractivity contribution >= 4 is 28.4 Å². The Morgan fingerprint density at radius 1 is 1.30 bits per heavy atom. The molecule has 0 radical (unpaired) electrons. The Kier molecular flexibility index (Phi) is 4.37. The monoisotopic (exact) mass is 310 g/mol. The van der Waals surface area contributed by atoms with Crippen molar-refractivity contribution in [1.29, 1.82) is 0 Å². The van der Waals surface area contributed by atoms with Crippen LogP contribution >= 0.6 is 11.3 Å². The Hall–Kier alpha value is -1.50. The molecule has 106 valence electrons. The zero-order chi connectivity index (χ0) is 14.9. The van der Waals surface area contributed by atoms with Gasteiger partial charge in [-0.25, -0.2) is 9.00 Å². The van der Waals surface area contributed by atoms with Crippen LogP contribution in [0.2, 0.25) is 0 Å². The first-order valence-corrected chi connectivity index (χ1v) is 7.82. The van der Waals surface area contributed by atoms with Gasteiger partial charge in [-0.1, -0.05) is 12.1 Å². The van der Waals surface area contributed by atoms with E-state index < -0.39 is 11.1 Å². The van der Waals surface area contributed by atoms with Crippen molar-refractivity contribution in [3.05, 3.63) is 39.6 Å². The highest BCUT2D eigenvalue weighted by atomic mass is 32.2. The molecule has 0 aliphatic carbocycles. The normalized spacial score (nSPS) is 12.2. The summed E-state index contributed by atoms with van der Waals surface area (Å²) in [5.41, 5.74) is 3.36. The summed E-state index contributed by atoms with van der Waals surface area (Å²) < 4.78 is 25.1. The molecular weight excluding hydrogens is 296 g/mol. The lowest BCUT2D eigenvalue weighted by Crippen LogP contribution is -2.01. The molecule has 1 N–H and O–H groups in total. The van der Waals surface area contributed by atoms with Gasteiger partial charge in [-0.05, 0) is 42.0 Å². The zero-order valence-corrected chi connectivity index (χ0v) is 12.9. The van der Waals surface area contributed by atoms with Gasteiger partial charge in [0.25, 0.3) is 0 Å². The number of esters is 1. The molecule has 2 rings (SSSR count). The first kappa shape index (κ1) is 14.9. The largest absolute Gasteiger partial charge is 0.465 e. The minimum absolute atomic E-state index is 0.370. The third-order valence-electron chi connectivity index (χ3n) is 3.00. The quantitative estimate of drug-likeness (QED) is 0.697. The van der Waals surface area contributed by atoms with E-state index in [0.29, 0.717) is 15.3 Å². The van der Waals surface area contributed by atoms with Crippen molar-refractivity contribution in [2.24, 2.45) is 0 Å². The molecule has 0 aliphatic rings. The van der Waals surface area contributed by atoms with Crippen LogP contribution in [0.25, 0.3) is 11.1 Å². The fourth-order valence-electron chi connectivity index (χ4n) is 2.05. The first-order valence-electron chi connectivity index (χ1n) is 5.84. The van der Waals surface area contributed by atoms with E-state index in [9.17, 15) is 9.00 Å². The molecule has 20 heavy (non-hydrogen) atoms. The molecule has 0 aliphatic heterocycles. The van der Waals surface area contributed by atoms with Crippen LogP contribution in [0.15, 0.2) is 28.5 Å². The zero-order valence-electron chi connectivity index (χ0n) is 11.3. The molecule has 0 spiro atoms. The Bertz CT molecular complexity index is 688. The molecule has 0 fully saturated rings. The number of carbonyl (C=O) groups excluding carboxylic acids is 1. The van der Waals surface area contributed by atoms with Crippen LogP contribution in [0.5, 0.6) is 0 Å². The summed E-state index contributed by atoms with van der Waals surface area (Å²) >= 11 is -0.670. The fraction of sp³-hybridized carbons (Fsp3) is 0.214. The number of aryl methyl sites for hydroxylation is 2. The molecule has 0 bridgehead atoms. The third kappa shape index (κ3) is 2.67. The summed E-state index contributed by atoms with van der Waals surface area (Å²) in [6, 6.07) is 5.17. The van der Waals surface area contributed by atoms with Crippen molar-refractivity contribution in [3.8, 4) is 11.1 Å². The molecule has 0 saturated carbocycles. The van der Waals surface area contributed by atoms with E-state index >= 15 is 0 Å². The highest BCUT2D eigenvalue weighted by molar-refractivity contribution is 7.79. The molecule has 1 atom stereocenters. The molecule has 1 aromatic heterocycles. The van der Waals surface area contributed by atoms with Crippen molar-refractivity contribution < 1.29 is 18.3 Å². The molecule has 0 saturated heterocycles. The summed E-state index contributed by atoms with van der Waals surface area (Å²) in [6.45, 7) is 3.69. The average Bonchev–Trinajstić information content (AvgIpc) is 2.79. The maximum Gasteiger partial charge on any atom is 0.348 e. The van der Waals surface area contributed by atoms with Crippen LogP contribution in [-0.2, 0) is 15.8 Å². The van der Waals surface area contributed by atoms with E-state index in [2.05, 4.69) is 0 Å². The van der Waals surface area contributed by atoms with Crippen molar-refractivity contribution in [1.82, 2.24) is 0 Å². The molecule has 1 unspecified atom stereocenters. The van der Waals surface area contributed by atoms with E-state index in [1.807, 2.05) is 18.4 Å². The second kappa shape index (κ2) is 5.87. The maximum absolute atomic E-state index is 11.8. The van der Waals surface area contributed by atoms with Gasteiger partial charge in [0.05, 0.1) is 12.0 Å². The Labute approximate surface area is 123 Å². The number of methoxy groups -OCH3 is 1. The number of hydrogen-bond donors (Lipinski definition) is 1. The van der Waals surface area contributed by atoms with Gasteiger partial charge in [-0.2, -0.15) is 0 Å². The Morgan fingerprint density at radius 2 is 2.00 bits per heavy atom. The van der Waals surface area contributed by atoms with Crippen LogP contribution in [0.3, 0.4) is 0 Å². The smallest absolute Gasteiger partial charge is 0.348 e. The molecule has 6 heteroatoms. The van der Waals surface area contributed by atoms with Crippen molar-refractivity contribution in [2.75, 3.05) is 7.11 Å². The van der Waals surface area contributed by atoms with Gasteiger partial charge in [0.15, 0.2) is 11.1 Å². The molecule has 2 aromatic rings. The van der Waals surface area contributed by atoms with E-state index in [-0.39, 0.29) is 5.97 Å². The van der Waals surface area contributed by atoms with Gasteiger partial charge in [0.2, 0.25) is 0 Å². The van der Waals surface area contributed by atoms with Gasteiger partial charge < -0.3 is 9.29 Å². The second-order valence-electron chi connectivity index (χ2n) is 4.34. The van der Waals surface area contributed by atoms with Crippen LogP contribution in [0, 0.1) is 13.8 Å². The summed E-state index contributed by atoms with van der Waals surface area (Å²) in [5.74, 6) is -0.370. The summed E-state index contributed by atoms with van der Waals surface area (Å²) in [6.07, 6.45) is 0. The standard InChI is InChI=1S/C14H14O4S2/c1-8-6-10(4-5-11(8)20(16)17)12-9(2)7-19-13(12)14(15)18-3/h4-7H,1-3H3,(H,16,17). The maximum atomic E-state index is 11.8. The summed E-state index contributed by atoms with van der Waals surface area (Å²) in [5, 5.41) is 1.90. The van der Waals surface area contributed by atoms with Gasteiger partial charge in [-0.15, -0.1) is 11.3 Å². The molecule has 1 heterocycles. The molecule has 0 amide bonds. The number of rotatable bonds is 3. The lowest BCUT2D eigenvalue weighted by molar-refractivity contribution is 0.0607. The van der Waals surface area contributed by atoms with Crippen LogP contribution < -0.4 is 0 Å². The van der Waals surface area contributed by atoms with E-state index in [1.165, 1.54) is 18.4 Å². The minimum Gasteiger partial charge on any atom is -0.465 e. The second-order valence-corrected chi connectivity index (χ2v) is 6.16. The number of carbonyl (C=O) groups is 1. The van der Waals surface area contributed by atoms with E-state index in [4.69, 9.17) is 9.29 Å². The number of thiophene rings is 1. The van der Waals surface area contributed by atoms with Gasteiger partial charge in [0, 0.05) is 5.56 Å². The summed E-state index contributed by atoms with van der Waals surface area (Å²) in [4.78, 5) is 12.7.